The van der Waals surface area contributed by atoms with Crippen molar-refractivity contribution in [3.63, 3.8) is 0 Å². The zero-order valence-electron chi connectivity index (χ0n) is 11.2. The van der Waals surface area contributed by atoms with Crippen molar-refractivity contribution in [1.82, 2.24) is 4.72 Å². The summed E-state index contributed by atoms with van der Waals surface area (Å²) in [4.78, 5) is 0. The van der Waals surface area contributed by atoms with E-state index in [0.717, 1.165) is 11.1 Å². The van der Waals surface area contributed by atoms with Gasteiger partial charge in [-0.15, -0.1) is 0 Å². The van der Waals surface area contributed by atoms with Crippen molar-refractivity contribution in [2.24, 2.45) is 0 Å². The molecule has 0 amide bonds. The molecule has 0 atom stereocenters. The zero-order valence-corrected chi connectivity index (χ0v) is 13.5. The van der Waals surface area contributed by atoms with Crippen LogP contribution in [0.2, 0.25) is 10.0 Å². The summed E-state index contributed by atoms with van der Waals surface area (Å²) in [6.45, 7) is 0.327. The first-order chi connectivity index (χ1) is 9.96. The van der Waals surface area contributed by atoms with Gasteiger partial charge in [0, 0.05) is 6.54 Å². The number of nitrogens with one attached hydrogen (secondary N) is 1. The van der Waals surface area contributed by atoms with Crippen molar-refractivity contribution in [2.45, 2.75) is 12.2 Å². The molecule has 0 radical (unpaired) electrons. The molecule has 1 N–H and O–H groups in total. The molecule has 112 valence electrons. The molecule has 2 rings (SSSR count). The predicted molar refractivity (Wildman–Crippen MR) is 87.2 cm³/mol. The lowest BCUT2D eigenvalue weighted by Gasteiger charge is -2.07. The Labute approximate surface area is 135 Å². The first kappa shape index (κ1) is 16.3. The third-order valence-corrected chi connectivity index (χ3v) is 5.02. The number of benzene rings is 2. The van der Waals surface area contributed by atoms with E-state index in [2.05, 4.69) is 4.72 Å². The van der Waals surface area contributed by atoms with E-state index in [0.29, 0.717) is 23.0 Å². The first-order valence-electron chi connectivity index (χ1n) is 6.41. The van der Waals surface area contributed by atoms with E-state index in [1.54, 1.807) is 24.3 Å². The quantitative estimate of drug-likeness (QED) is 0.869. The molecule has 0 bridgehead atoms. The smallest absolute Gasteiger partial charge is 0.215 e. The monoisotopic (exact) mass is 343 g/mol. The van der Waals surface area contributed by atoms with Crippen molar-refractivity contribution >= 4 is 33.2 Å². The summed E-state index contributed by atoms with van der Waals surface area (Å²) in [6.07, 6.45) is 0.560. The van der Waals surface area contributed by atoms with Crippen LogP contribution >= 0.6 is 23.2 Å². The third kappa shape index (κ3) is 5.32. The number of rotatable bonds is 6. The van der Waals surface area contributed by atoms with Crippen LogP contribution in [0.4, 0.5) is 0 Å². The lowest BCUT2D eigenvalue weighted by molar-refractivity contribution is 0.581. The van der Waals surface area contributed by atoms with E-state index in [9.17, 15) is 8.42 Å². The van der Waals surface area contributed by atoms with E-state index in [1.165, 1.54) is 0 Å². The average Bonchev–Trinajstić information content (AvgIpc) is 2.43. The fourth-order valence-electron chi connectivity index (χ4n) is 1.89. The zero-order chi connectivity index (χ0) is 15.3. The van der Waals surface area contributed by atoms with Gasteiger partial charge in [-0.1, -0.05) is 59.6 Å². The van der Waals surface area contributed by atoms with E-state index in [4.69, 9.17) is 23.2 Å². The summed E-state index contributed by atoms with van der Waals surface area (Å²) in [5.41, 5.74) is 1.70. The molecule has 0 saturated carbocycles. The largest absolute Gasteiger partial charge is 0.215 e. The second-order valence-corrected chi connectivity index (χ2v) is 7.26. The molecule has 0 fully saturated rings. The molecule has 6 heteroatoms. The van der Waals surface area contributed by atoms with Crippen LogP contribution < -0.4 is 4.72 Å². The van der Waals surface area contributed by atoms with Crippen LogP contribution in [0.1, 0.15) is 11.1 Å². The molecule has 21 heavy (non-hydrogen) atoms. The van der Waals surface area contributed by atoms with Crippen molar-refractivity contribution in [2.75, 3.05) is 6.54 Å². The predicted octanol–water partition coefficient (Wildman–Crippen LogP) is 3.66. The minimum Gasteiger partial charge on any atom is -0.215 e. The fraction of sp³-hybridized carbons (Fsp3) is 0.200. The highest BCUT2D eigenvalue weighted by molar-refractivity contribution is 7.88. The Morgan fingerprint density at radius 3 is 2.29 bits per heavy atom. The van der Waals surface area contributed by atoms with E-state index in [1.807, 2.05) is 24.3 Å². The second-order valence-electron chi connectivity index (χ2n) is 4.64. The van der Waals surface area contributed by atoms with Crippen LogP contribution in [0.3, 0.4) is 0 Å². The fourth-order valence-corrected chi connectivity index (χ4v) is 3.36. The van der Waals surface area contributed by atoms with Crippen LogP contribution in [-0.4, -0.2) is 15.0 Å². The molecule has 0 unspecified atom stereocenters. The highest BCUT2D eigenvalue weighted by Gasteiger charge is 2.10. The Balaban J connectivity index is 1.88. The van der Waals surface area contributed by atoms with Crippen LogP contribution in [-0.2, 0) is 22.2 Å². The molecule has 3 nitrogen and oxygen atoms in total. The maximum atomic E-state index is 12.0. The summed E-state index contributed by atoms with van der Waals surface area (Å²) in [6, 6.07) is 14.4. The van der Waals surface area contributed by atoms with Crippen molar-refractivity contribution < 1.29 is 8.42 Å². The Bertz CT molecular complexity index is 703. The van der Waals surface area contributed by atoms with Crippen LogP contribution in [0, 0.1) is 0 Å². The van der Waals surface area contributed by atoms with Gasteiger partial charge in [-0.2, -0.15) is 0 Å². The van der Waals surface area contributed by atoms with Gasteiger partial charge in [0.2, 0.25) is 10.0 Å². The Kier molecular flexibility index (Phi) is 5.65. The molecular formula is C15H15Cl2NO2S. The molecule has 0 heterocycles. The lowest BCUT2D eigenvalue weighted by atomic mass is 10.1. The van der Waals surface area contributed by atoms with Crippen LogP contribution in [0.5, 0.6) is 0 Å². The molecule has 0 spiro atoms. The normalized spacial score (nSPS) is 11.5. The maximum Gasteiger partial charge on any atom is 0.215 e. The van der Waals surface area contributed by atoms with Crippen molar-refractivity contribution in [3.05, 3.63) is 69.7 Å². The van der Waals surface area contributed by atoms with Gasteiger partial charge in [0.1, 0.15) is 0 Å². The Morgan fingerprint density at radius 1 is 0.905 bits per heavy atom. The Hall–Kier alpha value is -1.07. The van der Waals surface area contributed by atoms with Gasteiger partial charge < -0.3 is 0 Å². The first-order valence-corrected chi connectivity index (χ1v) is 8.82. The van der Waals surface area contributed by atoms with Gasteiger partial charge in [0.05, 0.1) is 15.8 Å². The topological polar surface area (TPSA) is 46.2 Å². The lowest BCUT2D eigenvalue weighted by Crippen LogP contribution is -2.27. The summed E-state index contributed by atoms with van der Waals surface area (Å²) in [5, 5.41) is 0.964. The minimum absolute atomic E-state index is 0.0186. The summed E-state index contributed by atoms with van der Waals surface area (Å²) >= 11 is 11.8. The van der Waals surface area contributed by atoms with Crippen molar-refractivity contribution in [1.29, 1.82) is 0 Å². The second kappa shape index (κ2) is 7.27. The molecule has 0 aliphatic heterocycles. The summed E-state index contributed by atoms with van der Waals surface area (Å²) < 4.78 is 26.5. The highest BCUT2D eigenvalue weighted by atomic mass is 35.5. The van der Waals surface area contributed by atoms with Gasteiger partial charge in [-0.25, -0.2) is 13.1 Å². The molecule has 0 aromatic heterocycles. The number of hydrogen-bond acceptors (Lipinski definition) is 2. The average molecular weight is 344 g/mol. The van der Waals surface area contributed by atoms with Crippen LogP contribution in [0.15, 0.2) is 48.5 Å². The van der Waals surface area contributed by atoms with Crippen LogP contribution in [0.25, 0.3) is 0 Å². The van der Waals surface area contributed by atoms with Gasteiger partial charge >= 0.3 is 0 Å². The maximum absolute atomic E-state index is 12.0. The third-order valence-electron chi connectivity index (χ3n) is 2.92. The molecular weight excluding hydrogens is 329 g/mol. The number of sulfonamides is 1. The number of halogens is 2. The molecule has 2 aromatic rings. The van der Waals surface area contributed by atoms with Gasteiger partial charge in [0.15, 0.2) is 0 Å². The van der Waals surface area contributed by atoms with Gasteiger partial charge in [0.25, 0.3) is 0 Å². The molecule has 0 aliphatic rings. The Morgan fingerprint density at radius 2 is 1.62 bits per heavy atom. The molecule has 0 aliphatic carbocycles. The highest BCUT2D eigenvalue weighted by Crippen LogP contribution is 2.22. The van der Waals surface area contributed by atoms with Gasteiger partial charge in [-0.3, -0.25) is 0 Å². The van der Waals surface area contributed by atoms with E-state index < -0.39 is 10.0 Å². The number of hydrogen-bond donors (Lipinski definition) is 1. The molecule has 2 aromatic carbocycles. The standard InChI is InChI=1S/C15H15Cl2NO2S/c16-14-7-6-12(10-15(14)17)8-9-18-21(19,20)11-13-4-2-1-3-5-13/h1-7,10,18H,8-9,11H2. The minimum atomic E-state index is -3.33. The van der Waals surface area contributed by atoms with E-state index in [-0.39, 0.29) is 5.75 Å². The summed E-state index contributed by atoms with van der Waals surface area (Å²) in [5.74, 6) is -0.0186. The SMILES string of the molecule is O=S(=O)(Cc1ccccc1)NCCc1ccc(Cl)c(Cl)c1. The van der Waals surface area contributed by atoms with E-state index >= 15 is 0 Å². The van der Waals surface area contributed by atoms with Crippen molar-refractivity contribution in [3.8, 4) is 0 Å². The molecule has 0 saturated heterocycles. The summed E-state index contributed by atoms with van der Waals surface area (Å²) in [7, 11) is -3.33. The van der Waals surface area contributed by atoms with Gasteiger partial charge in [-0.05, 0) is 29.7 Å².